The van der Waals surface area contributed by atoms with E-state index >= 15 is 0 Å². The van der Waals surface area contributed by atoms with Crippen LogP contribution in [0.3, 0.4) is 0 Å². The van der Waals surface area contributed by atoms with Gasteiger partial charge in [-0.15, -0.1) is 0 Å². The summed E-state index contributed by atoms with van der Waals surface area (Å²) in [7, 11) is 0. The molecule has 3 rings (SSSR count). The Morgan fingerprint density at radius 1 is 0.760 bits per heavy atom. The van der Waals surface area contributed by atoms with Gasteiger partial charge in [0.15, 0.2) is 11.6 Å². The van der Waals surface area contributed by atoms with Crippen LogP contribution in [0.2, 0.25) is 0 Å². The Kier molecular flexibility index (Phi) is 5.05. The lowest BCUT2D eigenvalue weighted by Crippen LogP contribution is -2.16. The molecule has 0 bridgehead atoms. The van der Waals surface area contributed by atoms with E-state index in [1.54, 1.807) is 18.2 Å². The molecule has 0 heterocycles. The number of hydrogen-bond donors (Lipinski definition) is 1. The van der Waals surface area contributed by atoms with Gasteiger partial charge in [-0.2, -0.15) is 0 Å². The van der Waals surface area contributed by atoms with Crippen molar-refractivity contribution in [2.45, 2.75) is 6.92 Å². The summed E-state index contributed by atoms with van der Waals surface area (Å²) in [5.74, 6) is -0.0755. The number of rotatable bonds is 6. The quantitative estimate of drug-likeness (QED) is 0.676. The largest absolute Gasteiger partial charge is 0.377 e. The summed E-state index contributed by atoms with van der Waals surface area (Å²) in [6.45, 7) is 2.13. The van der Waals surface area contributed by atoms with Crippen molar-refractivity contribution in [2.75, 3.05) is 11.9 Å². The molecule has 0 atom stereocenters. The first-order valence-electron chi connectivity index (χ1n) is 8.17. The highest BCUT2D eigenvalue weighted by atomic mass is 16.1. The molecule has 3 heteroatoms. The van der Waals surface area contributed by atoms with Gasteiger partial charge in [-0.3, -0.25) is 9.59 Å². The van der Waals surface area contributed by atoms with Crippen LogP contribution in [0.15, 0.2) is 78.9 Å². The number of Topliss-reactive ketones (excluding diaryl/α,β-unsaturated/α-hetero) is 1. The molecule has 3 aromatic carbocycles. The number of benzene rings is 3. The number of anilines is 1. The van der Waals surface area contributed by atoms with E-state index in [2.05, 4.69) is 5.32 Å². The maximum Gasteiger partial charge on any atom is 0.195 e. The molecule has 0 radical (unpaired) electrons. The maximum atomic E-state index is 12.7. The van der Waals surface area contributed by atoms with E-state index in [0.717, 1.165) is 5.56 Å². The molecule has 0 fully saturated rings. The van der Waals surface area contributed by atoms with Gasteiger partial charge >= 0.3 is 0 Å². The maximum absolute atomic E-state index is 12.7. The molecule has 124 valence electrons. The monoisotopic (exact) mass is 329 g/mol. The van der Waals surface area contributed by atoms with Crippen LogP contribution in [0.25, 0.3) is 0 Å². The van der Waals surface area contributed by atoms with Crippen molar-refractivity contribution in [3.63, 3.8) is 0 Å². The predicted molar refractivity (Wildman–Crippen MR) is 100 cm³/mol. The van der Waals surface area contributed by atoms with E-state index in [9.17, 15) is 9.59 Å². The number of nitrogens with one attached hydrogen (secondary N) is 1. The minimum absolute atomic E-state index is 0.0121. The fourth-order valence-corrected chi connectivity index (χ4v) is 2.60. The lowest BCUT2D eigenvalue weighted by atomic mass is 10.0. The normalized spacial score (nSPS) is 10.3. The van der Waals surface area contributed by atoms with Crippen molar-refractivity contribution in [1.29, 1.82) is 0 Å². The number of hydrogen-bond acceptors (Lipinski definition) is 3. The minimum atomic E-state index is -0.0634. The van der Waals surface area contributed by atoms with E-state index in [-0.39, 0.29) is 18.1 Å². The molecule has 0 aliphatic rings. The van der Waals surface area contributed by atoms with Gasteiger partial charge in [0, 0.05) is 22.4 Å². The highest BCUT2D eigenvalue weighted by molar-refractivity contribution is 6.12. The van der Waals surface area contributed by atoms with E-state index in [0.29, 0.717) is 22.4 Å². The van der Waals surface area contributed by atoms with Gasteiger partial charge in [-0.05, 0) is 19.1 Å². The topological polar surface area (TPSA) is 46.2 Å². The third-order valence-corrected chi connectivity index (χ3v) is 4.02. The van der Waals surface area contributed by atoms with Crippen molar-refractivity contribution in [3.05, 3.63) is 101 Å². The summed E-state index contributed by atoms with van der Waals surface area (Å²) in [6.07, 6.45) is 0. The van der Waals surface area contributed by atoms with Gasteiger partial charge in [0.05, 0.1) is 6.54 Å². The van der Waals surface area contributed by atoms with Crippen LogP contribution in [0, 0.1) is 6.92 Å². The Hall–Kier alpha value is -3.20. The van der Waals surface area contributed by atoms with Gasteiger partial charge in [0.1, 0.15) is 0 Å². The molecule has 25 heavy (non-hydrogen) atoms. The van der Waals surface area contributed by atoms with Crippen LogP contribution in [-0.2, 0) is 0 Å². The molecule has 0 aromatic heterocycles. The zero-order valence-corrected chi connectivity index (χ0v) is 14.0. The van der Waals surface area contributed by atoms with E-state index in [4.69, 9.17) is 0 Å². The minimum Gasteiger partial charge on any atom is -0.377 e. The van der Waals surface area contributed by atoms with Crippen LogP contribution in [0.4, 0.5) is 5.69 Å². The fraction of sp³-hybridized carbons (Fsp3) is 0.0909. The molecule has 0 saturated heterocycles. The third kappa shape index (κ3) is 4.01. The zero-order valence-electron chi connectivity index (χ0n) is 14.0. The smallest absolute Gasteiger partial charge is 0.195 e. The lowest BCUT2D eigenvalue weighted by Gasteiger charge is -2.11. The highest BCUT2D eigenvalue weighted by Gasteiger charge is 2.14. The predicted octanol–water partition coefficient (Wildman–Crippen LogP) is 4.52. The summed E-state index contributed by atoms with van der Waals surface area (Å²) in [5, 5.41) is 3.11. The van der Waals surface area contributed by atoms with Crippen LogP contribution in [-0.4, -0.2) is 18.1 Å². The Bertz CT molecular complexity index is 883. The molecule has 1 N–H and O–H groups in total. The highest BCUT2D eigenvalue weighted by Crippen LogP contribution is 2.19. The van der Waals surface area contributed by atoms with Crippen LogP contribution in [0.5, 0.6) is 0 Å². The first kappa shape index (κ1) is 16.7. The van der Waals surface area contributed by atoms with Crippen molar-refractivity contribution in [1.82, 2.24) is 0 Å². The zero-order chi connectivity index (χ0) is 17.6. The molecule has 3 aromatic rings. The standard InChI is InChI=1S/C22H19NO2/c1-16-11-13-17(14-12-16)21(24)15-23-20-10-6-5-9-19(20)22(25)18-7-3-2-4-8-18/h2-14,23H,15H2,1H3. The van der Waals surface area contributed by atoms with Crippen molar-refractivity contribution in [3.8, 4) is 0 Å². The number of para-hydroxylation sites is 1. The van der Waals surface area contributed by atoms with Gasteiger partial charge < -0.3 is 5.32 Å². The lowest BCUT2D eigenvalue weighted by molar-refractivity contribution is 0.100. The van der Waals surface area contributed by atoms with E-state index in [1.807, 2.05) is 67.6 Å². The van der Waals surface area contributed by atoms with Gasteiger partial charge in [-0.1, -0.05) is 72.3 Å². The second-order valence-electron chi connectivity index (χ2n) is 5.88. The van der Waals surface area contributed by atoms with Gasteiger partial charge in [0.2, 0.25) is 0 Å². The summed E-state index contributed by atoms with van der Waals surface area (Å²) in [4.78, 5) is 25.0. The SMILES string of the molecule is Cc1ccc(C(=O)CNc2ccccc2C(=O)c2ccccc2)cc1. The second-order valence-corrected chi connectivity index (χ2v) is 5.88. The van der Waals surface area contributed by atoms with Crippen LogP contribution >= 0.6 is 0 Å². The summed E-state index contributed by atoms with van der Waals surface area (Å²) in [6, 6.07) is 23.9. The fourth-order valence-electron chi connectivity index (χ4n) is 2.60. The van der Waals surface area contributed by atoms with E-state index in [1.165, 1.54) is 0 Å². The summed E-state index contributed by atoms with van der Waals surface area (Å²) < 4.78 is 0. The Labute approximate surface area is 147 Å². The second kappa shape index (κ2) is 7.58. The summed E-state index contributed by atoms with van der Waals surface area (Å²) in [5.41, 5.74) is 3.62. The molecular weight excluding hydrogens is 310 g/mol. The Morgan fingerprint density at radius 3 is 2.12 bits per heavy atom. The van der Waals surface area contributed by atoms with E-state index < -0.39 is 0 Å². The Balaban J connectivity index is 1.76. The average molecular weight is 329 g/mol. The van der Waals surface area contributed by atoms with Crippen molar-refractivity contribution < 1.29 is 9.59 Å². The molecule has 0 aliphatic heterocycles. The van der Waals surface area contributed by atoms with Gasteiger partial charge in [-0.25, -0.2) is 0 Å². The number of ketones is 2. The summed E-state index contributed by atoms with van der Waals surface area (Å²) >= 11 is 0. The van der Waals surface area contributed by atoms with Crippen LogP contribution in [0.1, 0.15) is 31.8 Å². The molecular formula is C22H19NO2. The van der Waals surface area contributed by atoms with Crippen LogP contribution < -0.4 is 5.32 Å². The first-order valence-corrected chi connectivity index (χ1v) is 8.17. The Morgan fingerprint density at radius 2 is 1.40 bits per heavy atom. The number of carbonyl (C=O) groups excluding carboxylic acids is 2. The van der Waals surface area contributed by atoms with Crippen molar-refractivity contribution >= 4 is 17.3 Å². The molecule has 0 spiro atoms. The first-order chi connectivity index (χ1) is 12.1. The van der Waals surface area contributed by atoms with Crippen molar-refractivity contribution in [2.24, 2.45) is 0 Å². The molecule has 3 nitrogen and oxygen atoms in total. The molecule has 0 saturated carbocycles. The third-order valence-electron chi connectivity index (χ3n) is 4.02. The molecule has 0 unspecified atom stereocenters. The molecule has 0 aliphatic carbocycles. The average Bonchev–Trinajstić information content (AvgIpc) is 2.67. The molecule has 0 amide bonds. The number of aryl methyl sites for hydroxylation is 1. The number of carbonyl (C=O) groups is 2. The van der Waals surface area contributed by atoms with Gasteiger partial charge in [0.25, 0.3) is 0 Å².